The summed E-state index contributed by atoms with van der Waals surface area (Å²) in [6.45, 7) is 8.27. The zero-order chi connectivity index (χ0) is 20.1. The number of aromatic nitrogens is 1. The first-order valence-electron chi connectivity index (χ1n) is 9.90. The summed E-state index contributed by atoms with van der Waals surface area (Å²) >= 11 is 0. The summed E-state index contributed by atoms with van der Waals surface area (Å²) in [6, 6.07) is 7.43. The van der Waals surface area contributed by atoms with Crippen molar-refractivity contribution < 1.29 is 8.91 Å². The zero-order valence-electron chi connectivity index (χ0n) is 17.5. The molecule has 0 amide bonds. The van der Waals surface area contributed by atoms with E-state index in [-0.39, 0.29) is 35.8 Å². The van der Waals surface area contributed by atoms with Gasteiger partial charge in [-0.15, -0.1) is 24.0 Å². The third-order valence-corrected chi connectivity index (χ3v) is 5.03. The lowest BCUT2D eigenvalue weighted by Gasteiger charge is -2.35. The van der Waals surface area contributed by atoms with Crippen LogP contribution in [-0.2, 0) is 6.54 Å². The highest BCUT2D eigenvalue weighted by atomic mass is 127. The molecular formula is C21H31FIN5O. The van der Waals surface area contributed by atoms with E-state index in [9.17, 15) is 4.39 Å². The Kier molecular flexibility index (Phi) is 8.73. The van der Waals surface area contributed by atoms with E-state index in [0.717, 1.165) is 42.9 Å². The summed E-state index contributed by atoms with van der Waals surface area (Å²) in [5.41, 5.74) is 2.69. The van der Waals surface area contributed by atoms with Crippen LogP contribution in [-0.4, -0.2) is 37.3 Å². The lowest BCUT2D eigenvalue weighted by atomic mass is 10.0. The number of aryl methyl sites for hydroxylation is 1. The van der Waals surface area contributed by atoms with Gasteiger partial charge in [-0.3, -0.25) is 4.99 Å². The Bertz CT molecular complexity index is 823. The number of aliphatic imine (C=N–C) groups is 1. The maximum atomic E-state index is 14.3. The van der Waals surface area contributed by atoms with E-state index in [4.69, 9.17) is 4.52 Å². The Labute approximate surface area is 189 Å². The smallest absolute Gasteiger partial charge is 0.191 e. The summed E-state index contributed by atoms with van der Waals surface area (Å²) < 4.78 is 19.6. The maximum Gasteiger partial charge on any atom is 0.191 e. The van der Waals surface area contributed by atoms with Gasteiger partial charge in [0.25, 0.3) is 0 Å². The van der Waals surface area contributed by atoms with Crippen LogP contribution in [0.5, 0.6) is 0 Å². The van der Waals surface area contributed by atoms with Gasteiger partial charge in [0.1, 0.15) is 5.82 Å². The van der Waals surface area contributed by atoms with Gasteiger partial charge in [0, 0.05) is 32.2 Å². The number of nitrogens with one attached hydrogen (secondary N) is 2. The predicted molar refractivity (Wildman–Crippen MR) is 126 cm³/mol. The molecule has 8 heteroatoms. The highest BCUT2D eigenvalue weighted by Gasteiger charge is 2.23. The Morgan fingerprint density at radius 1 is 1.38 bits per heavy atom. The minimum absolute atomic E-state index is 0. The van der Waals surface area contributed by atoms with Crippen molar-refractivity contribution >= 4 is 35.6 Å². The molecule has 2 N–H and O–H groups in total. The quantitative estimate of drug-likeness (QED) is 0.355. The molecule has 1 aromatic heterocycles. The molecule has 1 aromatic carbocycles. The molecule has 29 heavy (non-hydrogen) atoms. The van der Waals surface area contributed by atoms with Crippen molar-refractivity contribution in [3.8, 4) is 0 Å². The van der Waals surface area contributed by atoms with Crippen molar-refractivity contribution in [3.05, 3.63) is 47.1 Å². The minimum atomic E-state index is -0.167. The molecular weight excluding hydrogens is 484 g/mol. The maximum absolute atomic E-state index is 14.3. The molecule has 0 saturated carbocycles. The number of hydrogen-bond acceptors (Lipinski definition) is 4. The van der Waals surface area contributed by atoms with Crippen molar-refractivity contribution in [1.29, 1.82) is 0 Å². The average Bonchev–Trinajstić information content (AvgIpc) is 3.16. The van der Waals surface area contributed by atoms with E-state index in [1.165, 1.54) is 0 Å². The molecule has 2 aromatic rings. The highest BCUT2D eigenvalue weighted by molar-refractivity contribution is 14.0. The van der Waals surface area contributed by atoms with Crippen LogP contribution in [0.1, 0.15) is 49.6 Å². The Morgan fingerprint density at radius 2 is 2.17 bits per heavy atom. The van der Waals surface area contributed by atoms with Gasteiger partial charge < -0.3 is 20.1 Å². The fourth-order valence-corrected chi connectivity index (χ4v) is 3.42. The fourth-order valence-electron chi connectivity index (χ4n) is 3.42. The van der Waals surface area contributed by atoms with E-state index >= 15 is 0 Å². The lowest BCUT2D eigenvalue weighted by molar-refractivity contribution is 0.371. The number of nitrogens with zero attached hydrogens (tertiary/aromatic N) is 3. The number of benzene rings is 1. The molecule has 160 valence electrons. The van der Waals surface area contributed by atoms with Crippen LogP contribution in [0.2, 0.25) is 0 Å². The predicted octanol–water partition coefficient (Wildman–Crippen LogP) is 4.20. The molecule has 0 aliphatic carbocycles. The zero-order valence-corrected chi connectivity index (χ0v) is 19.9. The van der Waals surface area contributed by atoms with Crippen LogP contribution in [0.3, 0.4) is 0 Å². The topological polar surface area (TPSA) is 65.7 Å². The SMILES string of the molecule is CN=C(NCc1cc(C(C)C)no1)NC1CCCN(c2cc(C)ccc2F)C1.I. The van der Waals surface area contributed by atoms with E-state index in [0.29, 0.717) is 24.1 Å². The van der Waals surface area contributed by atoms with Gasteiger partial charge in [0.05, 0.1) is 17.9 Å². The third-order valence-electron chi connectivity index (χ3n) is 5.03. The first-order valence-corrected chi connectivity index (χ1v) is 9.90. The second-order valence-electron chi connectivity index (χ2n) is 7.68. The van der Waals surface area contributed by atoms with E-state index in [2.05, 4.69) is 39.5 Å². The van der Waals surface area contributed by atoms with E-state index < -0.39 is 0 Å². The first kappa shape index (κ1) is 23.4. The molecule has 0 bridgehead atoms. The second-order valence-corrected chi connectivity index (χ2v) is 7.68. The lowest BCUT2D eigenvalue weighted by Crippen LogP contribution is -2.51. The van der Waals surface area contributed by atoms with Crippen LogP contribution in [0.25, 0.3) is 0 Å². The molecule has 1 atom stereocenters. The molecule has 1 aliphatic rings. The van der Waals surface area contributed by atoms with Crippen molar-refractivity contribution in [2.45, 2.75) is 52.1 Å². The van der Waals surface area contributed by atoms with Crippen LogP contribution in [0.15, 0.2) is 33.8 Å². The van der Waals surface area contributed by atoms with Gasteiger partial charge in [-0.05, 0) is 43.4 Å². The summed E-state index contributed by atoms with van der Waals surface area (Å²) in [6.07, 6.45) is 2.02. The summed E-state index contributed by atoms with van der Waals surface area (Å²) in [7, 11) is 1.75. The Hall–Kier alpha value is -1.84. The van der Waals surface area contributed by atoms with Gasteiger partial charge in [0.15, 0.2) is 11.7 Å². The second kappa shape index (κ2) is 10.8. The largest absolute Gasteiger partial charge is 0.367 e. The minimum Gasteiger partial charge on any atom is -0.367 e. The number of rotatable bonds is 5. The van der Waals surface area contributed by atoms with E-state index in [1.807, 2.05) is 19.1 Å². The molecule has 1 unspecified atom stereocenters. The van der Waals surface area contributed by atoms with Crippen molar-refractivity contribution in [2.24, 2.45) is 4.99 Å². The number of anilines is 1. The van der Waals surface area contributed by atoms with Crippen LogP contribution in [0, 0.1) is 12.7 Å². The molecule has 0 radical (unpaired) electrons. The van der Waals surface area contributed by atoms with Gasteiger partial charge in [-0.2, -0.15) is 0 Å². The van der Waals surface area contributed by atoms with E-state index in [1.54, 1.807) is 19.2 Å². The number of hydrogen-bond donors (Lipinski definition) is 2. The normalized spacial score (nSPS) is 17.2. The monoisotopic (exact) mass is 515 g/mol. The molecule has 1 saturated heterocycles. The molecule has 1 fully saturated rings. The molecule has 1 aliphatic heterocycles. The summed E-state index contributed by atoms with van der Waals surface area (Å²) in [4.78, 5) is 6.42. The molecule has 3 rings (SSSR count). The highest BCUT2D eigenvalue weighted by Crippen LogP contribution is 2.24. The average molecular weight is 515 g/mol. The standard InChI is InChI=1S/C21H30FN5O.HI/c1-14(2)19-11-17(28-26-19)12-24-21(23-4)25-16-6-5-9-27(13-16)20-10-15(3)7-8-18(20)22;/h7-8,10-11,14,16H,5-6,9,12-13H2,1-4H3,(H2,23,24,25);1H. The Morgan fingerprint density at radius 3 is 2.86 bits per heavy atom. The van der Waals surface area contributed by atoms with Crippen molar-refractivity contribution in [3.63, 3.8) is 0 Å². The molecule has 6 nitrogen and oxygen atoms in total. The number of halogens is 2. The summed E-state index contributed by atoms with van der Waals surface area (Å²) in [5.74, 6) is 1.66. The third kappa shape index (κ3) is 6.32. The van der Waals surface area contributed by atoms with Crippen LogP contribution < -0.4 is 15.5 Å². The Balaban J connectivity index is 0.00000300. The van der Waals surface area contributed by atoms with Crippen LogP contribution >= 0.6 is 24.0 Å². The molecule has 0 spiro atoms. The van der Waals surface area contributed by atoms with Gasteiger partial charge in [-0.25, -0.2) is 4.39 Å². The van der Waals surface area contributed by atoms with Gasteiger partial charge >= 0.3 is 0 Å². The number of piperidine rings is 1. The first-order chi connectivity index (χ1) is 13.5. The number of guanidine groups is 1. The fraction of sp³-hybridized carbons (Fsp3) is 0.524. The van der Waals surface area contributed by atoms with Crippen LogP contribution in [0.4, 0.5) is 10.1 Å². The summed E-state index contributed by atoms with van der Waals surface area (Å²) in [5, 5.41) is 10.8. The van der Waals surface area contributed by atoms with Gasteiger partial charge in [-0.1, -0.05) is 25.1 Å². The van der Waals surface area contributed by atoms with Crippen molar-refractivity contribution in [1.82, 2.24) is 15.8 Å². The molecule has 2 heterocycles. The van der Waals surface area contributed by atoms with Crippen molar-refractivity contribution in [2.75, 3.05) is 25.0 Å². The van der Waals surface area contributed by atoms with Gasteiger partial charge in [0.2, 0.25) is 0 Å².